The minimum atomic E-state index is -0.0438. The van der Waals surface area contributed by atoms with Gasteiger partial charge in [-0.25, -0.2) is 0 Å². The molecule has 0 aromatic carbocycles. The van der Waals surface area contributed by atoms with E-state index in [0.29, 0.717) is 0 Å². The third-order valence-electron chi connectivity index (χ3n) is 3.84. The Bertz CT molecular complexity index is 386. The fraction of sp³-hybridized carbons (Fsp3) is 0.857. The zero-order chi connectivity index (χ0) is 13.3. The molecule has 18 heavy (non-hydrogen) atoms. The van der Waals surface area contributed by atoms with Crippen molar-refractivity contribution < 1.29 is 4.52 Å². The molecule has 1 atom stereocenters. The van der Waals surface area contributed by atoms with E-state index in [2.05, 4.69) is 49.7 Å². The first-order valence-electron chi connectivity index (χ1n) is 6.96. The predicted octanol–water partition coefficient (Wildman–Crippen LogP) is 3.16. The first-order valence-corrected chi connectivity index (χ1v) is 6.96. The number of aromatic nitrogens is 2. The summed E-state index contributed by atoms with van der Waals surface area (Å²) in [7, 11) is 0. The second-order valence-corrected chi connectivity index (χ2v) is 6.60. The average Bonchev–Trinajstić information content (AvgIpc) is 2.78. The molecule has 0 spiro atoms. The van der Waals surface area contributed by atoms with Gasteiger partial charge in [0.25, 0.3) is 0 Å². The van der Waals surface area contributed by atoms with Gasteiger partial charge in [-0.1, -0.05) is 32.9 Å². The lowest BCUT2D eigenvalue weighted by molar-refractivity contribution is 0.124. The van der Waals surface area contributed by atoms with Gasteiger partial charge in [-0.2, -0.15) is 4.98 Å². The Morgan fingerprint density at radius 1 is 1.28 bits per heavy atom. The largest absolute Gasteiger partial charge is 0.338 e. The van der Waals surface area contributed by atoms with Crippen LogP contribution in [0.25, 0.3) is 0 Å². The van der Waals surface area contributed by atoms with Gasteiger partial charge in [0.15, 0.2) is 5.82 Å². The molecular formula is C14H25N3O. The van der Waals surface area contributed by atoms with Crippen LogP contribution in [-0.4, -0.2) is 28.1 Å². The Labute approximate surface area is 110 Å². The summed E-state index contributed by atoms with van der Waals surface area (Å²) < 4.78 is 5.43. The molecule has 4 heteroatoms. The number of hydrogen-bond acceptors (Lipinski definition) is 4. The van der Waals surface area contributed by atoms with Gasteiger partial charge in [-0.15, -0.1) is 0 Å². The van der Waals surface area contributed by atoms with Gasteiger partial charge in [0, 0.05) is 5.41 Å². The highest BCUT2D eigenvalue weighted by atomic mass is 16.5. The van der Waals surface area contributed by atoms with E-state index in [9.17, 15) is 0 Å². The quantitative estimate of drug-likeness (QED) is 0.809. The normalized spacial score (nSPS) is 21.2. The maximum Gasteiger partial charge on any atom is 0.243 e. The number of likely N-dealkylation sites (tertiary alicyclic amines) is 1. The third-order valence-corrected chi connectivity index (χ3v) is 3.84. The van der Waals surface area contributed by atoms with E-state index in [1.54, 1.807) is 0 Å². The molecule has 0 N–H and O–H groups in total. The summed E-state index contributed by atoms with van der Waals surface area (Å²) in [6.45, 7) is 13.1. The van der Waals surface area contributed by atoms with E-state index in [1.807, 2.05) is 0 Å². The summed E-state index contributed by atoms with van der Waals surface area (Å²) >= 11 is 0. The lowest BCUT2D eigenvalue weighted by Gasteiger charge is -2.33. The van der Waals surface area contributed by atoms with Crippen LogP contribution < -0.4 is 0 Å². The van der Waals surface area contributed by atoms with Crippen LogP contribution in [0.4, 0.5) is 0 Å². The van der Waals surface area contributed by atoms with E-state index in [0.717, 1.165) is 30.7 Å². The summed E-state index contributed by atoms with van der Waals surface area (Å²) in [5.74, 6) is 2.41. The Hall–Kier alpha value is -0.900. The summed E-state index contributed by atoms with van der Waals surface area (Å²) in [5.41, 5.74) is -0.0438. The summed E-state index contributed by atoms with van der Waals surface area (Å²) in [4.78, 5) is 7.00. The summed E-state index contributed by atoms with van der Waals surface area (Å²) in [6, 6.07) is 0.237. The first-order chi connectivity index (χ1) is 8.38. The van der Waals surface area contributed by atoms with Crippen LogP contribution in [0.5, 0.6) is 0 Å². The second kappa shape index (κ2) is 5.00. The average molecular weight is 251 g/mol. The second-order valence-electron chi connectivity index (χ2n) is 6.60. The van der Waals surface area contributed by atoms with E-state index < -0.39 is 0 Å². The van der Waals surface area contributed by atoms with Gasteiger partial charge < -0.3 is 4.52 Å². The third kappa shape index (κ3) is 2.91. The Kier molecular flexibility index (Phi) is 3.76. The molecule has 1 saturated heterocycles. The fourth-order valence-corrected chi connectivity index (χ4v) is 2.28. The molecule has 0 unspecified atom stereocenters. The van der Waals surface area contributed by atoms with Crippen LogP contribution in [0.2, 0.25) is 0 Å². The summed E-state index contributed by atoms with van der Waals surface area (Å²) in [5, 5.41) is 4.11. The van der Waals surface area contributed by atoms with E-state index in [-0.39, 0.29) is 11.5 Å². The van der Waals surface area contributed by atoms with Gasteiger partial charge in [-0.05, 0) is 38.8 Å². The van der Waals surface area contributed by atoms with E-state index >= 15 is 0 Å². The lowest BCUT2D eigenvalue weighted by atomic mass is 9.96. The molecule has 2 rings (SSSR count). The van der Waals surface area contributed by atoms with Crippen LogP contribution in [0.3, 0.4) is 0 Å². The van der Waals surface area contributed by atoms with Crippen molar-refractivity contribution in [3.8, 4) is 0 Å². The zero-order valence-corrected chi connectivity index (χ0v) is 12.2. The van der Waals surface area contributed by atoms with Gasteiger partial charge in [0.05, 0.1) is 6.04 Å². The van der Waals surface area contributed by atoms with Crippen LogP contribution >= 0.6 is 0 Å². The number of nitrogens with zero attached hydrogens (tertiary/aromatic N) is 3. The molecule has 0 amide bonds. The van der Waals surface area contributed by atoms with Crippen molar-refractivity contribution in [1.82, 2.24) is 15.0 Å². The molecular weight excluding hydrogens is 226 g/mol. The van der Waals surface area contributed by atoms with Crippen molar-refractivity contribution in [3.05, 3.63) is 11.7 Å². The topological polar surface area (TPSA) is 42.2 Å². The van der Waals surface area contributed by atoms with Crippen LogP contribution in [-0.2, 0) is 5.41 Å². The molecule has 1 aliphatic rings. The fourth-order valence-electron chi connectivity index (χ4n) is 2.28. The SMILES string of the molecule is CC1CCN([C@H](C)c2nc(C(C)(C)C)no2)CC1. The Morgan fingerprint density at radius 3 is 2.39 bits per heavy atom. The maximum atomic E-state index is 5.43. The maximum absolute atomic E-state index is 5.43. The molecule has 4 nitrogen and oxygen atoms in total. The molecule has 2 heterocycles. The lowest BCUT2D eigenvalue weighted by Crippen LogP contribution is -2.35. The summed E-state index contributed by atoms with van der Waals surface area (Å²) in [6.07, 6.45) is 2.54. The highest BCUT2D eigenvalue weighted by molar-refractivity contribution is 5.02. The zero-order valence-electron chi connectivity index (χ0n) is 12.2. The van der Waals surface area contributed by atoms with Crippen molar-refractivity contribution in [2.45, 2.75) is 58.9 Å². The molecule has 0 saturated carbocycles. The monoisotopic (exact) mass is 251 g/mol. The number of rotatable bonds is 2. The van der Waals surface area contributed by atoms with Crippen molar-refractivity contribution in [2.75, 3.05) is 13.1 Å². The van der Waals surface area contributed by atoms with Gasteiger partial charge in [-0.3, -0.25) is 4.90 Å². The first kappa shape index (κ1) is 13.5. The standard InChI is InChI=1S/C14H25N3O/c1-10-6-8-17(9-7-10)11(2)12-15-13(16-18-12)14(3,4)5/h10-11H,6-9H2,1-5H3/t11-/m1/s1. The molecule has 102 valence electrons. The van der Waals surface area contributed by atoms with Crippen LogP contribution in [0.1, 0.15) is 65.2 Å². The Morgan fingerprint density at radius 2 is 1.89 bits per heavy atom. The molecule has 0 aliphatic carbocycles. The van der Waals surface area contributed by atoms with E-state index in [4.69, 9.17) is 4.52 Å². The van der Waals surface area contributed by atoms with Gasteiger partial charge in [0.2, 0.25) is 5.89 Å². The highest BCUT2D eigenvalue weighted by Crippen LogP contribution is 2.27. The molecule has 0 bridgehead atoms. The highest BCUT2D eigenvalue weighted by Gasteiger charge is 2.27. The predicted molar refractivity (Wildman–Crippen MR) is 71.4 cm³/mol. The van der Waals surface area contributed by atoms with Gasteiger partial charge in [0.1, 0.15) is 0 Å². The smallest absolute Gasteiger partial charge is 0.243 e. The van der Waals surface area contributed by atoms with Crippen molar-refractivity contribution in [1.29, 1.82) is 0 Å². The van der Waals surface area contributed by atoms with Crippen molar-refractivity contribution in [3.63, 3.8) is 0 Å². The van der Waals surface area contributed by atoms with Crippen molar-refractivity contribution >= 4 is 0 Å². The number of hydrogen-bond donors (Lipinski definition) is 0. The van der Waals surface area contributed by atoms with E-state index in [1.165, 1.54) is 12.8 Å². The minimum absolute atomic E-state index is 0.0438. The molecule has 1 fully saturated rings. The van der Waals surface area contributed by atoms with Gasteiger partial charge >= 0.3 is 0 Å². The van der Waals surface area contributed by atoms with Crippen molar-refractivity contribution in [2.24, 2.45) is 5.92 Å². The number of piperidine rings is 1. The van der Waals surface area contributed by atoms with Crippen LogP contribution in [0, 0.1) is 5.92 Å². The molecule has 1 aromatic heterocycles. The molecule has 1 aromatic rings. The molecule has 1 aliphatic heterocycles. The minimum Gasteiger partial charge on any atom is -0.338 e. The Balaban J connectivity index is 2.05. The van der Waals surface area contributed by atoms with Crippen LogP contribution in [0.15, 0.2) is 4.52 Å². The molecule has 0 radical (unpaired) electrons.